The van der Waals surface area contributed by atoms with Crippen LogP contribution >= 0.6 is 0 Å². The van der Waals surface area contributed by atoms with Crippen LogP contribution in [0.5, 0.6) is 0 Å². The molecule has 0 heterocycles. The van der Waals surface area contributed by atoms with E-state index in [4.69, 9.17) is 0 Å². The molecule has 0 N–H and O–H groups in total. The van der Waals surface area contributed by atoms with Crippen molar-refractivity contribution in [1.82, 2.24) is 0 Å². The summed E-state index contributed by atoms with van der Waals surface area (Å²) >= 11 is 0. The largest absolute Gasteiger partial charge is 0.0651 e. The Kier molecular flexibility index (Phi) is 1.28. The Hall–Kier alpha value is 0. The van der Waals surface area contributed by atoms with E-state index in [1.165, 1.54) is 6.42 Å². The molecule has 0 amide bonds. The van der Waals surface area contributed by atoms with Gasteiger partial charge in [-0.25, -0.2) is 0 Å². The van der Waals surface area contributed by atoms with Crippen molar-refractivity contribution < 1.29 is 0 Å². The third kappa shape index (κ3) is 0.720. The van der Waals surface area contributed by atoms with Crippen molar-refractivity contribution in [3.63, 3.8) is 0 Å². The fourth-order valence-electron chi connectivity index (χ4n) is 3.05. The van der Waals surface area contributed by atoms with Crippen LogP contribution in [0.1, 0.15) is 39.0 Å². The number of hydrogen-bond donors (Lipinski definition) is 0. The van der Waals surface area contributed by atoms with Crippen molar-refractivity contribution >= 4 is 0 Å². The standard InChI is InChI=1S/C9H16/c1-2-9-7-3-4-8(9)6-5-7/h7-9H,2-6H2,1H3. The summed E-state index contributed by atoms with van der Waals surface area (Å²) in [6, 6.07) is 0. The normalized spacial score (nSPS) is 48.3. The summed E-state index contributed by atoms with van der Waals surface area (Å²) in [5.74, 6) is 3.45. The highest BCUT2D eigenvalue weighted by Crippen LogP contribution is 2.50. The van der Waals surface area contributed by atoms with Gasteiger partial charge in [-0.15, -0.1) is 0 Å². The van der Waals surface area contributed by atoms with E-state index in [1.807, 2.05) is 0 Å². The second-order valence-corrected chi connectivity index (χ2v) is 3.75. The van der Waals surface area contributed by atoms with Crippen LogP contribution in [-0.4, -0.2) is 0 Å². The van der Waals surface area contributed by atoms with Gasteiger partial charge in [0.2, 0.25) is 0 Å². The maximum absolute atomic E-state index is 2.36. The van der Waals surface area contributed by atoms with E-state index in [2.05, 4.69) is 6.92 Å². The molecule has 0 spiro atoms. The van der Waals surface area contributed by atoms with E-state index in [1.54, 1.807) is 25.7 Å². The molecule has 9 heavy (non-hydrogen) atoms. The van der Waals surface area contributed by atoms with Gasteiger partial charge < -0.3 is 0 Å². The molecule has 0 aromatic carbocycles. The van der Waals surface area contributed by atoms with Gasteiger partial charge in [-0.2, -0.15) is 0 Å². The Labute approximate surface area is 57.6 Å². The molecule has 0 heteroatoms. The minimum atomic E-state index is 1.14. The van der Waals surface area contributed by atoms with Crippen LogP contribution < -0.4 is 0 Å². The zero-order valence-corrected chi connectivity index (χ0v) is 6.27. The van der Waals surface area contributed by atoms with Crippen molar-refractivity contribution in [2.24, 2.45) is 17.8 Å². The fraction of sp³-hybridized carbons (Fsp3) is 1.00. The van der Waals surface area contributed by atoms with E-state index in [0.29, 0.717) is 0 Å². The van der Waals surface area contributed by atoms with Gasteiger partial charge in [0.25, 0.3) is 0 Å². The lowest BCUT2D eigenvalue weighted by atomic mass is 9.95. The first-order valence-electron chi connectivity index (χ1n) is 4.42. The van der Waals surface area contributed by atoms with Crippen LogP contribution in [-0.2, 0) is 0 Å². The molecule has 0 saturated heterocycles. The van der Waals surface area contributed by atoms with Crippen molar-refractivity contribution in [3.05, 3.63) is 0 Å². The lowest BCUT2D eigenvalue weighted by Gasteiger charge is -2.10. The lowest BCUT2D eigenvalue weighted by Crippen LogP contribution is -2.02. The van der Waals surface area contributed by atoms with Crippen LogP contribution in [0.2, 0.25) is 0 Å². The minimum absolute atomic E-state index is 1.14. The molecule has 0 radical (unpaired) electrons. The van der Waals surface area contributed by atoms with Crippen LogP contribution in [0, 0.1) is 17.8 Å². The second-order valence-electron chi connectivity index (χ2n) is 3.75. The summed E-state index contributed by atoms with van der Waals surface area (Å²) in [4.78, 5) is 0. The second kappa shape index (κ2) is 2.00. The quantitative estimate of drug-likeness (QED) is 0.504. The van der Waals surface area contributed by atoms with Gasteiger partial charge in [-0.05, 0) is 43.4 Å². The molecule has 0 aliphatic heterocycles. The third-order valence-corrected chi connectivity index (χ3v) is 3.50. The first kappa shape index (κ1) is 5.76. The van der Waals surface area contributed by atoms with Crippen molar-refractivity contribution in [3.8, 4) is 0 Å². The molecule has 0 aromatic heterocycles. The van der Waals surface area contributed by atoms with Gasteiger partial charge in [0.15, 0.2) is 0 Å². The average molecular weight is 124 g/mol. The Morgan fingerprint density at radius 3 is 1.67 bits per heavy atom. The average Bonchev–Trinajstić information content (AvgIpc) is 2.44. The first-order chi connectivity index (χ1) is 4.42. The van der Waals surface area contributed by atoms with Gasteiger partial charge >= 0.3 is 0 Å². The zero-order chi connectivity index (χ0) is 6.27. The molecule has 0 unspecified atom stereocenters. The molecule has 0 atom stereocenters. The molecule has 2 aliphatic carbocycles. The molecule has 2 saturated carbocycles. The first-order valence-corrected chi connectivity index (χ1v) is 4.42. The third-order valence-electron chi connectivity index (χ3n) is 3.50. The predicted octanol–water partition coefficient (Wildman–Crippen LogP) is 2.83. The highest BCUT2D eigenvalue weighted by atomic mass is 14.4. The van der Waals surface area contributed by atoms with Crippen molar-refractivity contribution in [1.29, 1.82) is 0 Å². The predicted molar refractivity (Wildman–Crippen MR) is 39.2 cm³/mol. The Bertz CT molecular complexity index is 86.6. The lowest BCUT2D eigenvalue weighted by molar-refractivity contribution is 0.393. The minimum Gasteiger partial charge on any atom is -0.0651 e. The molecule has 0 aromatic rings. The van der Waals surface area contributed by atoms with Crippen LogP contribution in [0.25, 0.3) is 0 Å². The summed E-state index contributed by atoms with van der Waals surface area (Å²) in [5, 5.41) is 0. The highest BCUT2D eigenvalue weighted by molar-refractivity contribution is 4.90. The van der Waals surface area contributed by atoms with E-state index in [0.717, 1.165) is 17.8 Å². The SMILES string of the molecule is CCC1C2CCC1CC2. The van der Waals surface area contributed by atoms with Crippen LogP contribution in [0.3, 0.4) is 0 Å². The monoisotopic (exact) mass is 124 g/mol. The van der Waals surface area contributed by atoms with E-state index in [-0.39, 0.29) is 0 Å². The molecule has 2 aliphatic rings. The molecular weight excluding hydrogens is 108 g/mol. The van der Waals surface area contributed by atoms with Gasteiger partial charge in [-0.1, -0.05) is 13.3 Å². The molecular formula is C9H16. The van der Waals surface area contributed by atoms with Gasteiger partial charge in [0.1, 0.15) is 0 Å². The molecule has 0 nitrogen and oxygen atoms in total. The van der Waals surface area contributed by atoms with Gasteiger partial charge in [-0.3, -0.25) is 0 Å². The highest BCUT2D eigenvalue weighted by Gasteiger charge is 2.39. The van der Waals surface area contributed by atoms with Gasteiger partial charge in [0, 0.05) is 0 Å². The summed E-state index contributed by atoms with van der Waals surface area (Å²) in [7, 11) is 0. The van der Waals surface area contributed by atoms with Crippen molar-refractivity contribution in [2.45, 2.75) is 39.0 Å². The molecule has 2 fully saturated rings. The number of rotatable bonds is 1. The van der Waals surface area contributed by atoms with E-state index in [9.17, 15) is 0 Å². The zero-order valence-electron chi connectivity index (χ0n) is 6.27. The number of fused-ring (bicyclic) bond motifs is 2. The molecule has 52 valence electrons. The summed E-state index contributed by atoms with van der Waals surface area (Å²) in [6.07, 6.45) is 7.69. The topological polar surface area (TPSA) is 0 Å². The maximum Gasteiger partial charge on any atom is -0.0360 e. The Balaban J connectivity index is 2.08. The van der Waals surface area contributed by atoms with Crippen molar-refractivity contribution in [2.75, 3.05) is 0 Å². The smallest absolute Gasteiger partial charge is 0.0360 e. The molecule has 2 bridgehead atoms. The summed E-state index contributed by atoms with van der Waals surface area (Å²) < 4.78 is 0. The Morgan fingerprint density at radius 1 is 1.00 bits per heavy atom. The van der Waals surface area contributed by atoms with E-state index >= 15 is 0 Å². The Morgan fingerprint density at radius 2 is 1.44 bits per heavy atom. The van der Waals surface area contributed by atoms with Crippen LogP contribution in [0.4, 0.5) is 0 Å². The van der Waals surface area contributed by atoms with E-state index < -0.39 is 0 Å². The maximum atomic E-state index is 2.36. The molecule has 2 rings (SSSR count). The summed E-state index contributed by atoms with van der Waals surface area (Å²) in [6.45, 7) is 2.36. The fourth-order valence-corrected chi connectivity index (χ4v) is 3.05. The van der Waals surface area contributed by atoms with Gasteiger partial charge in [0.05, 0.1) is 0 Å². The summed E-state index contributed by atoms with van der Waals surface area (Å²) in [5.41, 5.74) is 0. The number of hydrogen-bond acceptors (Lipinski definition) is 0. The van der Waals surface area contributed by atoms with Crippen LogP contribution in [0.15, 0.2) is 0 Å².